The molecule has 2 amide bonds. The zero-order valence-electron chi connectivity index (χ0n) is 12.3. The fraction of sp³-hybridized carbons (Fsp3) is 0.429. The average molecular weight is 314 g/mol. The Morgan fingerprint density at radius 2 is 2.05 bits per heavy atom. The van der Waals surface area contributed by atoms with Gasteiger partial charge < -0.3 is 20.6 Å². The number of nitrogens with zero attached hydrogens (tertiary/aromatic N) is 1. The average Bonchev–Trinajstić information content (AvgIpc) is 2.35. The number of benzene rings is 1. The summed E-state index contributed by atoms with van der Waals surface area (Å²) in [4.78, 5) is 25.1. The summed E-state index contributed by atoms with van der Waals surface area (Å²) in [5.74, 6) is -1.18. The summed E-state index contributed by atoms with van der Waals surface area (Å²) >= 11 is 5.84. The van der Waals surface area contributed by atoms with Crippen LogP contribution in [0.3, 0.4) is 0 Å². The minimum absolute atomic E-state index is 0.0279. The van der Waals surface area contributed by atoms with Gasteiger partial charge in [-0.2, -0.15) is 0 Å². The third-order valence-electron chi connectivity index (χ3n) is 2.86. The van der Waals surface area contributed by atoms with Crippen LogP contribution in [-0.2, 0) is 0 Å². The van der Waals surface area contributed by atoms with E-state index in [9.17, 15) is 9.59 Å². The van der Waals surface area contributed by atoms with Crippen molar-refractivity contribution in [3.8, 4) is 0 Å². The van der Waals surface area contributed by atoms with E-state index in [-0.39, 0.29) is 22.3 Å². The van der Waals surface area contributed by atoms with E-state index in [0.717, 1.165) is 13.0 Å². The van der Waals surface area contributed by atoms with E-state index < -0.39 is 12.0 Å². The van der Waals surface area contributed by atoms with Gasteiger partial charge in [0.05, 0.1) is 10.7 Å². The topological polar surface area (TPSA) is 81.7 Å². The van der Waals surface area contributed by atoms with E-state index in [1.165, 1.54) is 12.1 Å². The lowest BCUT2D eigenvalue weighted by molar-refractivity contribution is 0.0698. The first kappa shape index (κ1) is 17.3. The molecule has 7 heteroatoms. The highest BCUT2D eigenvalue weighted by atomic mass is 35.5. The summed E-state index contributed by atoms with van der Waals surface area (Å²) in [6.45, 7) is 2.73. The van der Waals surface area contributed by atoms with Gasteiger partial charge >= 0.3 is 12.0 Å². The highest BCUT2D eigenvalue weighted by molar-refractivity contribution is 6.34. The fourth-order valence-corrected chi connectivity index (χ4v) is 2.01. The summed E-state index contributed by atoms with van der Waals surface area (Å²) in [5, 5.41) is 14.5. The van der Waals surface area contributed by atoms with E-state index in [4.69, 9.17) is 16.7 Å². The van der Waals surface area contributed by atoms with Crippen molar-refractivity contribution in [2.75, 3.05) is 26.0 Å². The number of carboxylic acids is 1. The van der Waals surface area contributed by atoms with Crippen LogP contribution in [0.15, 0.2) is 18.2 Å². The Kier molecular flexibility index (Phi) is 6.45. The zero-order valence-corrected chi connectivity index (χ0v) is 13.1. The van der Waals surface area contributed by atoms with Crippen molar-refractivity contribution in [2.24, 2.45) is 0 Å². The van der Waals surface area contributed by atoms with E-state index in [2.05, 4.69) is 10.6 Å². The first-order chi connectivity index (χ1) is 9.81. The highest BCUT2D eigenvalue weighted by Crippen LogP contribution is 2.24. The number of amides is 2. The molecule has 0 aliphatic rings. The summed E-state index contributed by atoms with van der Waals surface area (Å²) in [6, 6.07) is 4.07. The molecule has 6 nitrogen and oxygen atoms in total. The lowest BCUT2D eigenvalue weighted by atomic mass is 10.2. The Morgan fingerprint density at radius 1 is 1.38 bits per heavy atom. The van der Waals surface area contributed by atoms with Gasteiger partial charge in [0.15, 0.2) is 0 Å². The Labute approximate surface area is 129 Å². The van der Waals surface area contributed by atoms with Gasteiger partial charge in [0.2, 0.25) is 0 Å². The minimum atomic E-state index is -1.18. The van der Waals surface area contributed by atoms with Gasteiger partial charge in [-0.3, -0.25) is 0 Å². The number of carbonyl (C=O) groups excluding carboxylic acids is 1. The van der Waals surface area contributed by atoms with Crippen LogP contribution in [0.5, 0.6) is 0 Å². The number of rotatable bonds is 6. The lowest BCUT2D eigenvalue weighted by Gasteiger charge is -2.17. The van der Waals surface area contributed by atoms with E-state index >= 15 is 0 Å². The van der Waals surface area contributed by atoms with Crippen LogP contribution in [0.4, 0.5) is 10.5 Å². The molecule has 0 bridgehead atoms. The molecule has 1 unspecified atom stereocenters. The van der Waals surface area contributed by atoms with Gasteiger partial charge in [0.1, 0.15) is 5.56 Å². The summed E-state index contributed by atoms with van der Waals surface area (Å²) in [6.07, 6.45) is 0.793. The maximum Gasteiger partial charge on any atom is 0.339 e. The molecule has 0 radical (unpaired) electrons. The van der Waals surface area contributed by atoms with Crippen LogP contribution in [0.2, 0.25) is 5.02 Å². The highest BCUT2D eigenvalue weighted by Gasteiger charge is 2.16. The second-order valence-electron chi connectivity index (χ2n) is 5.06. The second kappa shape index (κ2) is 7.85. The molecule has 1 aromatic rings. The number of hydrogen-bond acceptors (Lipinski definition) is 3. The van der Waals surface area contributed by atoms with Crippen molar-refractivity contribution < 1.29 is 14.7 Å². The molecule has 1 rings (SSSR count). The number of carboxylic acid groups (broad SMARTS) is 1. The number of anilines is 1. The molecule has 0 saturated heterocycles. The van der Waals surface area contributed by atoms with Gasteiger partial charge in [-0.15, -0.1) is 0 Å². The molecule has 0 fully saturated rings. The van der Waals surface area contributed by atoms with Crippen LogP contribution in [-0.4, -0.2) is 48.7 Å². The largest absolute Gasteiger partial charge is 0.478 e. The lowest BCUT2D eigenvalue weighted by Crippen LogP contribution is -2.38. The Morgan fingerprint density at radius 3 is 2.62 bits per heavy atom. The molecule has 0 spiro atoms. The Balaban J connectivity index is 2.67. The Bertz CT molecular complexity index is 520. The molecule has 3 N–H and O–H groups in total. The third-order valence-corrected chi connectivity index (χ3v) is 3.18. The first-order valence-corrected chi connectivity index (χ1v) is 6.93. The maximum absolute atomic E-state index is 11.9. The standard InChI is InChI=1S/C14H20ClN3O3/c1-9(7-8-18(2)3)16-14(21)17-11-6-4-5-10(15)12(11)13(19)20/h4-6,9H,7-8H2,1-3H3,(H,19,20)(H2,16,17,21). The van der Waals surface area contributed by atoms with Gasteiger partial charge in [0.25, 0.3) is 0 Å². The molecule has 0 aliphatic heterocycles. The van der Waals surface area contributed by atoms with Gasteiger partial charge in [0, 0.05) is 6.04 Å². The number of urea groups is 1. The van der Waals surface area contributed by atoms with Crippen LogP contribution in [0, 0.1) is 0 Å². The van der Waals surface area contributed by atoms with Crippen molar-refractivity contribution in [1.82, 2.24) is 10.2 Å². The van der Waals surface area contributed by atoms with Crippen molar-refractivity contribution in [3.05, 3.63) is 28.8 Å². The van der Waals surface area contributed by atoms with Gasteiger partial charge in [-0.1, -0.05) is 17.7 Å². The number of hydrogen-bond donors (Lipinski definition) is 3. The summed E-state index contributed by atoms with van der Waals surface area (Å²) in [5.41, 5.74) is 0.0579. The maximum atomic E-state index is 11.9. The second-order valence-corrected chi connectivity index (χ2v) is 5.47. The van der Waals surface area contributed by atoms with Crippen molar-refractivity contribution >= 4 is 29.3 Å². The van der Waals surface area contributed by atoms with Gasteiger partial charge in [-0.05, 0) is 46.1 Å². The van der Waals surface area contributed by atoms with Crippen molar-refractivity contribution in [1.29, 1.82) is 0 Å². The molecule has 1 aromatic carbocycles. The molecular weight excluding hydrogens is 294 g/mol. The number of aromatic carboxylic acids is 1. The minimum Gasteiger partial charge on any atom is -0.478 e. The van der Waals surface area contributed by atoms with Crippen LogP contribution in [0.25, 0.3) is 0 Å². The molecular formula is C14H20ClN3O3. The van der Waals surface area contributed by atoms with Gasteiger partial charge in [-0.25, -0.2) is 9.59 Å². The quantitative estimate of drug-likeness (QED) is 0.753. The fourth-order valence-electron chi connectivity index (χ4n) is 1.75. The predicted octanol–water partition coefficient (Wildman–Crippen LogP) is 2.50. The molecule has 0 aliphatic carbocycles. The molecule has 116 valence electrons. The predicted molar refractivity (Wildman–Crippen MR) is 83.2 cm³/mol. The monoisotopic (exact) mass is 313 g/mol. The van der Waals surface area contributed by atoms with Crippen LogP contribution < -0.4 is 10.6 Å². The molecule has 21 heavy (non-hydrogen) atoms. The normalized spacial score (nSPS) is 12.0. The van der Waals surface area contributed by atoms with Crippen molar-refractivity contribution in [2.45, 2.75) is 19.4 Å². The van der Waals surface area contributed by atoms with E-state index in [1.54, 1.807) is 6.07 Å². The summed E-state index contributed by atoms with van der Waals surface area (Å²) in [7, 11) is 3.91. The number of nitrogens with one attached hydrogen (secondary N) is 2. The number of carbonyl (C=O) groups is 2. The van der Waals surface area contributed by atoms with Crippen LogP contribution in [0.1, 0.15) is 23.7 Å². The van der Waals surface area contributed by atoms with Crippen LogP contribution >= 0.6 is 11.6 Å². The van der Waals surface area contributed by atoms with E-state index in [1.807, 2.05) is 25.9 Å². The van der Waals surface area contributed by atoms with Crippen molar-refractivity contribution in [3.63, 3.8) is 0 Å². The number of halogens is 1. The third kappa shape index (κ3) is 5.61. The zero-order chi connectivity index (χ0) is 16.0. The molecule has 1 atom stereocenters. The smallest absolute Gasteiger partial charge is 0.339 e. The molecule has 0 heterocycles. The van der Waals surface area contributed by atoms with E-state index in [0.29, 0.717) is 0 Å². The Hall–Kier alpha value is -1.79. The molecule has 0 aromatic heterocycles. The first-order valence-electron chi connectivity index (χ1n) is 6.55. The summed E-state index contributed by atoms with van der Waals surface area (Å²) < 4.78 is 0. The molecule has 0 saturated carbocycles. The SMILES string of the molecule is CC(CCN(C)C)NC(=O)Nc1cccc(Cl)c1C(=O)O.